The molecule has 1 N–H and O–H groups in total. The largest absolute Gasteiger partial charge is 0.507 e. The average Bonchev–Trinajstić information content (AvgIpc) is 2.51. The van der Waals surface area contributed by atoms with E-state index in [1.807, 2.05) is 6.07 Å². The fourth-order valence-corrected chi connectivity index (χ4v) is 1.57. The molecule has 0 aliphatic heterocycles. The van der Waals surface area contributed by atoms with Gasteiger partial charge in [0.25, 0.3) is 5.89 Å². The summed E-state index contributed by atoms with van der Waals surface area (Å²) in [5, 5.41) is 17.1. The van der Waals surface area contributed by atoms with E-state index in [0.29, 0.717) is 17.3 Å². The van der Waals surface area contributed by atoms with Crippen molar-refractivity contribution in [1.82, 2.24) is 10.2 Å². The van der Waals surface area contributed by atoms with E-state index in [-0.39, 0.29) is 5.75 Å². The second-order valence-electron chi connectivity index (χ2n) is 2.79. The third kappa shape index (κ3) is 1.72. The number of aryl methyl sites for hydroxylation is 1. The topological polar surface area (TPSA) is 59.2 Å². The Bertz CT molecular complexity index is 468. The first kappa shape index (κ1) is 9.45. The fraction of sp³-hybridized carbons (Fsp3) is 0.111. The standard InChI is InChI=1S/C9H7IN2O2/c1-5-11-12-9(14-5)7-3-2-6(10)4-8(7)13/h2-4,13H,1H3. The van der Waals surface area contributed by atoms with Crippen LogP contribution in [0.4, 0.5) is 0 Å². The number of rotatable bonds is 1. The van der Waals surface area contributed by atoms with Crippen LogP contribution >= 0.6 is 22.6 Å². The molecule has 0 saturated heterocycles. The molecule has 14 heavy (non-hydrogen) atoms. The molecule has 5 heteroatoms. The maximum atomic E-state index is 9.62. The molecule has 2 aromatic rings. The number of phenolic OH excluding ortho intramolecular Hbond substituents is 1. The van der Waals surface area contributed by atoms with Gasteiger partial charge in [0.2, 0.25) is 5.89 Å². The van der Waals surface area contributed by atoms with Gasteiger partial charge in [-0.3, -0.25) is 0 Å². The third-order valence-electron chi connectivity index (χ3n) is 1.72. The van der Waals surface area contributed by atoms with Gasteiger partial charge < -0.3 is 9.52 Å². The number of phenols is 1. The minimum atomic E-state index is 0.153. The molecule has 0 aliphatic carbocycles. The van der Waals surface area contributed by atoms with E-state index in [1.54, 1.807) is 19.1 Å². The van der Waals surface area contributed by atoms with Gasteiger partial charge in [0.15, 0.2) is 0 Å². The Hall–Kier alpha value is -1.11. The molecule has 1 aromatic carbocycles. The van der Waals surface area contributed by atoms with Crippen molar-refractivity contribution in [2.45, 2.75) is 6.92 Å². The van der Waals surface area contributed by atoms with Crippen LogP contribution < -0.4 is 0 Å². The van der Waals surface area contributed by atoms with Gasteiger partial charge in [0, 0.05) is 10.5 Å². The molecular formula is C9H7IN2O2. The first-order chi connectivity index (χ1) is 6.66. The molecule has 2 rings (SSSR count). The van der Waals surface area contributed by atoms with Gasteiger partial charge in [0.05, 0.1) is 5.56 Å². The smallest absolute Gasteiger partial charge is 0.251 e. The van der Waals surface area contributed by atoms with Crippen molar-refractivity contribution < 1.29 is 9.52 Å². The van der Waals surface area contributed by atoms with Crippen molar-refractivity contribution in [3.63, 3.8) is 0 Å². The average molecular weight is 302 g/mol. The summed E-state index contributed by atoms with van der Waals surface area (Å²) in [5.74, 6) is 0.981. The van der Waals surface area contributed by atoms with Crippen LogP contribution in [0.25, 0.3) is 11.5 Å². The van der Waals surface area contributed by atoms with E-state index in [0.717, 1.165) is 3.57 Å². The van der Waals surface area contributed by atoms with Gasteiger partial charge in [-0.25, -0.2) is 0 Å². The summed E-state index contributed by atoms with van der Waals surface area (Å²) in [6.45, 7) is 1.71. The van der Waals surface area contributed by atoms with Crippen LogP contribution in [0.3, 0.4) is 0 Å². The maximum absolute atomic E-state index is 9.62. The highest BCUT2D eigenvalue weighted by Crippen LogP contribution is 2.29. The van der Waals surface area contributed by atoms with Crippen LogP contribution in [0.1, 0.15) is 5.89 Å². The number of hydrogen-bond donors (Lipinski definition) is 1. The van der Waals surface area contributed by atoms with Crippen molar-refractivity contribution in [3.8, 4) is 17.2 Å². The predicted molar refractivity (Wildman–Crippen MR) is 58.9 cm³/mol. The van der Waals surface area contributed by atoms with Crippen LogP contribution in [0, 0.1) is 10.5 Å². The minimum Gasteiger partial charge on any atom is -0.507 e. The SMILES string of the molecule is Cc1nnc(-c2ccc(I)cc2O)o1. The molecular weight excluding hydrogens is 295 g/mol. The summed E-state index contributed by atoms with van der Waals surface area (Å²) in [7, 11) is 0. The van der Waals surface area contributed by atoms with Gasteiger partial charge in [0.1, 0.15) is 5.75 Å². The summed E-state index contributed by atoms with van der Waals surface area (Å²) in [4.78, 5) is 0. The summed E-state index contributed by atoms with van der Waals surface area (Å²) >= 11 is 2.12. The molecule has 0 aliphatic rings. The first-order valence-electron chi connectivity index (χ1n) is 3.96. The maximum Gasteiger partial charge on any atom is 0.251 e. The Balaban J connectivity index is 2.52. The van der Waals surface area contributed by atoms with E-state index >= 15 is 0 Å². The van der Waals surface area contributed by atoms with Crippen molar-refractivity contribution in [1.29, 1.82) is 0 Å². The number of aromatic nitrogens is 2. The summed E-state index contributed by atoms with van der Waals surface area (Å²) in [5.41, 5.74) is 0.561. The number of aromatic hydroxyl groups is 1. The quantitative estimate of drug-likeness (QED) is 0.822. The number of benzene rings is 1. The molecule has 0 unspecified atom stereocenters. The lowest BCUT2D eigenvalue weighted by molar-refractivity contribution is 0.470. The van der Waals surface area contributed by atoms with Gasteiger partial charge in [-0.05, 0) is 40.8 Å². The Labute approximate surface area is 94.1 Å². The van der Waals surface area contributed by atoms with Crippen LogP contribution in [0.2, 0.25) is 0 Å². The van der Waals surface area contributed by atoms with E-state index in [9.17, 15) is 5.11 Å². The van der Waals surface area contributed by atoms with Gasteiger partial charge in [-0.2, -0.15) is 0 Å². The van der Waals surface area contributed by atoms with Gasteiger partial charge in [-0.1, -0.05) is 0 Å². The molecule has 0 bridgehead atoms. The van der Waals surface area contributed by atoms with Crippen molar-refractivity contribution in [2.24, 2.45) is 0 Å². The third-order valence-corrected chi connectivity index (χ3v) is 2.39. The van der Waals surface area contributed by atoms with E-state index in [1.165, 1.54) is 0 Å². The van der Waals surface area contributed by atoms with Crippen LogP contribution in [-0.4, -0.2) is 15.3 Å². The van der Waals surface area contributed by atoms with E-state index in [4.69, 9.17) is 4.42 Å². The van der Waals surface area contributed by atoms with Crippen LogP contribution in [0.15, 0.2) is 22.6 Å². The zero-order chi connectivity index (χ0) is 10.1. The normalized spacial score (nSPS) is 10.4. The number of nitrogens with zero attached hydrogens (tertiary/aromatic N) is 2. The Kier molecular flexibility index (Phi) is 2.40. The predicted octanol–water partition coefficient (Wildman–Crippen LogP) is 2.36. The Morgan fingerprint density at radius 2 is 2.14 bits per heavy atom. The second kappa shape index (κ2) is 3.56. The molecule has 1 heterocycles. The number of halogens is 1. The molecule has 0 atom stereocenters. The molecule has 1 aromatic heterocycles. The summed E-state index contributed by atoms with van der Waals surface area (Å²) in [6, 6.07) is 5.27. The molecule has 72 valence electrons. The molecule has 0 amide bonds. The summed E-state index contributed by atoms with van der Waals surface area (Å²) in [6.07, 6.45) is 0. The lowest BCUT2D eigenvalue weighted by atomic mass is 10.2. The van der Waals surface area contributed by atoms with Crippen LogP contribution in [0.5, 0.6) is 5.75 Å². The highest BCUT2D eigenvalue weighted by Gasteiger charge is 2.10. The highest BCUT2D eigenvalue weighted by atomic mass is 127. The zero-order valence-electron chi connectivity index (χ0n) is 7.36. The Morgan fingerprint density at radius 1 is 1.36 bits per heavy atom. The lowest BCUT2D eigenvalue weighted by Crippen LogP contribution is -1.80. The van der Waals surface area contributed by atoms with Gasteiger partial charge in [-0.15, -0.1) is 10.2 Å². The molecule has 0 fully saturated rings. The van der Waals surface area contributed by atoms with E-state index in [2.05, 4.69) is 32.8 Å². The molecule has 0 spiro atoms. The fourth-order valence-electron chi connectivity index (χ4n) is 1.09. The van der Waals surface area contributed by atoms with Gasteiger partial charge >= 0.3 is 0 Å². The highest BCUT2D eigenvalue weighted by molar-refractivity contribution is 14.1. The minimum absolute atomic E-state index is 0.153. The molecule has 0 radical (unpaired) electrons. The van der Waals surface area contributed by atoms with E-state index < -0.39 is 0 Å². The zero-order valence-corrected chi connectivity index (χ0v) is 9.52. The van der Waals surface area contributed by atoms with Crippen molar-refractivity contribution >= 4 is 22.6 Å². The van der Waals surface area contributed by atoms with Crippen molar-refractivity contribution in [3.05, 3.63) is 27.7 Å². The lowest BCUT2D eigenvalue weighted by Gasteiger charge is -1.99. The van der Waals surface area contributed by atoms with Crippen molar-refractivity contribution in [2.75, 3.05) is 0 Å². The second-order valence-corrected chi connectivity index (χ2v) is 4.03. The monoisotopic (exact) mass is 302 g/mol. The molecule has 4 nitrogen and oxygen atoms in total. The summed E-state index contributed by atoms with van der Waals surface area (Å²) < 4.78 is 6.16. The first-order valence-corrected chi connectivity index (χ1v) is 5.03. The Morgan fingerprint density at radius 3 is 2.71 bits per heavy atom. The van der Waals surface area contributed by atoms with Crippen LogP contribution in [-0.2, 0) is 0 Å². The number of hydrogen-bond acceptors (Lipinski definition) is 4. The molecule has 0 saturated carbocycles.